The third-order valence-corrected chi connectivity index (χ3v) is 2.28. The molecule has 0 bridgehead atoms. The summed E-state index contributed by atoms with van der Waals surface area (Å²) in [6.45, 7) is 7.63. The van der Waals surface area contributed by atoms with Crippen LogP contribution < -0.4 is 0 Å². The molecule has 0 saturated carbocycles. The van der Waals surface area contributed by atoms with Gasteiger partial charge >= 0.3 is 11.9 Å². The van der Waals surface area contributed by atoms with Crippen molar-refractivity contribution in [1.29, 1.82) is 0 Å². The van der Waals surface area contributed by atoms with E-state index in [0.29, 0.717) is 6.42 Å². The third kappa shape index (κ3) is 5.14. The molecular formula is C12H22O4. The van der Waals surface area contributed by atoms with Crippen LogP contribution in [0.25, 0.3) is 0 Å². The van der Waals surface area contributed by atoms with Crippen molar-refractivity contribution >= 4 is 11.9 Å². The van der Waals surface area contributed by atoms with E-state index in [2.05, 4.69) is 0 Å². The normalized spacial score (nSPS) is 14.0. The van der Waals surface area contributed by atoms with Crippen LogP contribution in [0.4, 0.5) is 0 Å². The SMILES string of the molecule is CCCC(C)OC(=O)C(CC)C(=O)OCC. The minimum absolute atomic E-state index is 0.138. The number of hydrogen-bond donors (Lipinski definition) is 0. The van der Waals surface area contributed by atoms with Crippen molar-refractivity contribution in [2.24, 2.45) is 5.92 Å². The Bertz CT molecular complexity index is 225. The first-order valence-corrected chi connectivity index (χ1v) is 5.93. The van der Waals surface area contributed by atoms with E-state index in [-0.39, 0.29) is 12.7 Å². The third-order valence-electron chi connectivity index (χ3n) is 2.28. The van der Waals surface area contributed by atoms with E-state index >= 15 is 0 Å². The van der Waals surface area contributed by atoms with E-state index < -0.39 is 17.9 Å². The second kappa shape index (κ2) is 8.13. The summed E-state index contributed by atoms with van der Waals surface area (Å²) in [7, 11) is 0. The van der Waals surface area contributed by atoms with Crippen molar-refractivity contribution in [3.63, 3.8) is 0 Å². The van der Waals surface area contributed by atoms with Crippen LogP contribution in [0.5, 0.6) is 0 Å². The van der Waals surface area contributed by atoms with Crippen molar-refractivity contribution in [2.75, 3.05) is 6.61 Å². The van der Waals surface area contributed by atoms with E-state index in [4.69, 9.17) is 9.47 Å². The van der Waals surface area contributed by atoms with Gasteiger partial charge in [0.25, 0.3) is 0 Å². The molecule has 0 aliphatic carbocycles. The Hall–Kier alpha value is -1.06. The zero-order valence-electron chi connectivity index (χ0n) is 10.6. The van der Waals surface area contributed by atoms with Crippen molar-refractivity contribution in [3.05, 3.63) is 0 Å². The molecule has 4 heteroatoms. The standard InChI is InChI=1S/C12H22O4/c1-5-8-9(4)16-12(14)10(6-2)11(13)15-7-3/h9-10H,5-8H2,1-4H3. The molecule has 0 N–H and O–H groups in total. The first kappa shape index (κ1) is 14.9. The molecule has 0 saturated heterocycles. The summed E-state index contributed by atoms with van der Waals surface area (Å²) in [5, 5.41) is 0. The predicted molar refractivity (Wildman–Crippen MR) is 60.9 cm³/mol. The largest absolute Gasteiger partial charge is 0.465 e. The number of carbonyl (C=O) groups excluding carboxylic acids is 2. The molecule has 0 aromatic heterocycles. The Morgan fingerprint density at radius 3 is 2.19 bits per heavy atom. The van der Waals surface area contributed by atoms with Gasteiger partial charge in [-0.05, 0) is 26.7 Å². The average molecular weight is 230 g/mol. The van der Waals surface area contributed by atoms with Gasteiger partial charge < -0.3 is 9.47 Å². The summed E-state index contributed by atoms with van der Waals surface area (Å²) in [5.41, 5.74) is 0. The molecule has 94 valence electrons. The molecule has 0 aliphatic rings. The van der Waals surface area contributed by atoms with E-state index in [1.54, 1.807) is 13.8 Å². The van der Waals surface area contributed by atoms with Crippen LogP contribution in [0.3, 0.4) is 0 Å². The lowest BCUT2D eigenvalue weighted by Crippen LogP contribution is -2.29. The second-order valence-corrected chi connectivity index (χ2v) is 3.75. The minimum atomic E-state index is -0.778. The van der Waals surface area contributed by atoms with Crippen molar-refractivity contribution in [2.45, 2.75) is 53.1 Å². The van der Waals surface area contributed by atoms with Gasteiger partial charge in [0.15, 0.2) is 5.92 Å². The molecule has 0 aromatic rings. The molecule has 0 rings (SSSR count). The Kier molecular flexibility index (Phi) is 7.60. The monoisotopic (exact) mass is 230 g/mol. The van der Waals surface area contributed by atoms with Gasteiger partial charge in [-0.3, -0.25) is 9.59 Å². The summed E-state index contributed by atoms with van der Waals surface area (Å²) < 4.78 is 9.99. The van der Waals surface area contributed by atoms with Crippen LogP contribution in [0, 0.1) is 5.92 Å². The fourth-order valence-electron chi connectivity index (χ4n) is 1.42. The molecule has 16 heavy (non-hydrogen) atoms. The number of carbonyl (C=O) groups is 2. The predicted octanol–water partition coefficient (Wildman–Crippen LogP) is 2.31. The van der Waals surface area contributed by atoms with E-state index in [1.807, 2.05) is 13.8 Å². The topological polar surface area (TPSA) is 52.6 Å². The molecule has 4 nitrogen and oxygen atoms in total. The quantitative estimate of drug-likeness (QED) is 0.497. The maximum Gasteiger partial charge on any atom is 0.320 e. The molecule has 0 amide bonds. The lowest BCUT2D eigenvalue weighted by atomic mass is 10.1. The molecule has 0 spiro atoms. The van der Waals surface area contributed by atoms with Gasteiger partial charge in [-0.15, -0.1) is 0 Å². The highest BCUT2D eigenvalue weighted by atomic mass is 16.6. The first-order chi connectivity index (χ1) is 7.56. The van der Waals surface area contributed by atoms with E-state index in [9.17, 15) is 9.59 Å². The molecule has 2 atom stereocenters. The maximum atomic E-state index is 11.7. The Balaban J connectivity index is 4.25. The zero-order valence-corrected chi connectivity index (χ0v) is 10.6. The van der Waals surface area contributed by atoms with E-state index in [1.165, 1.54) is 0 Å². The first-order valence-electron chi connectivity index (χ1n) is 5.93. The van der Waals surface area contributed by atoms with Crippen LogP contribution in [0.2, 0.25) is 0 Å². The highest BCUT2D eigenvalue weighted by molar-refractivity contribution is 5.94. The molecule has 0 aliphatic heterocycles. The van der Waals surface area contributed by atoms with Gasteiger partial charge in [0, 0.05) is 0 Å². The summed E-state index contributed by atoms with van der Waals surface area (Å²) in [5.74, 6) is -1.74. The lowest BCUT2D eigenvalue weighted by Gasteiger charge is -2.16. The summed E-state index contributed by atoms with van der Waals surface area (Å²) in [4.78, 5) is 23.1. The van der Waals surface area contributed by atoms with Crippen LogP contribution >= 0.6 is 0 Å². The van der Waals surface area contributed by atoms with Gasteiger partial charge in [0.05, 0.1) is 12.7 Å². The summed E-state index contributed by atoms with van der Waals surface area (Å²) in [6.07, 6.45) is 2.03. The van der Waals surface area contributed by atoms with Crippen LogP contribution in [0.15, 0.2) is 0 Å². The Morgan fingerprint density at radius 2 is 1.75 bits per heavy atom. The molecule has 2 unspecified atom stereocenters. The Morgan fingerprint density at radius 1 is 1.12 bits per heavy atom. The van der Waals surface area contributed by atoms with Gasteiger partial charge in [0.2, 0.25) is 0 Å². The lowest BCUT2D eigenvalue weighted by molar-refractivity contribution is -0.164. The highest BCUT2D eigenvalue weighted by Gasteiger charge is 2.28. The fraction of sp³-hybridized carbons (Fsp3) is 0.833. The summed E-state index contributed by atoms with van der Waals surface area (Å²) in [6, 6.07) is 0. The number of hydrogen-bond acceptors (Lipinski definition) is 4. The molecule has 0 radical (unpaired) electrons. The van der Waals surface area contributed by atoms with Crippen LogP contribution in [-0.4, -0.2) is 24.6 Å². The fourth-order valence-corrected chi connectivity index (χ4v) is 1.42. The number of rotatable bonds is 7. The van der Waals surface area contributed by atoms with E-state index in [0.717, 1.165) is 12.8 Å². The highest BCUT2D eigenvalue weighted by Crippen LogP contribution is 2.11. The summed E-state index contributed by atoms with van der Waals surface area (Å²) >= 11 is 0. The second-order valence-electron chi connectivity index (χ2n) is 3.75. The number of ether oxygens (including phenoxy) is 2. The van der Waals surface area contributed by atoms with Crippen molar-refractivity contribution in [1.82, 2.24) is 0 Å². The smallest absolute Gasteiger partial charge is 0.320 e. The molecule has 0 heterocycles. The molecule has 0 aromatic carbocycles. The molecule has 0 fully saturated rings. The van der Waals surface area contributed by atoms with Gasteiger partial charge in [-0.1, -0.05) is 20.3 Å². The van der Waals surface area contributed by atoms with Gasteiger partial charge in [-0.2, -0.15) is 0 Å². The zero-order chi connectivity index (χ0) is 12.6. The van der Waals surface area contributed by atoms with Crippen LogP contribution in [-0.2, 0) is 19.1 Å². The number of esters is 2. The maximum absolute atomic E-state index is 11.7. The minimum Gasteiger partial charge on any atom is -0.465 e. The average Bonchev–Trinajstić information content (AvgIpc) is 2.19. The molecular weight excluding hydrogens is 208 g/mol. The Labute approximate surface area is 97.3 Å². The van der Waals surface area contributed by atoms with Crippen molar-refractivity contribution < 1.29 is 19.1 Å². The van der Waals surface area contributed by atoms with Crippen LogP contribution in [0.1, 0.15) is 47.0 Å². The van der Waals surface area contributed by atoms with Gasteiger partial charge in [0.1, 0.15) is 0 Å². The van der Waals surface area contributed by atoms with Crippen molar-refractivity contribution in [3.8, 4) is 0 Å². The van der Waals surface area contributed by atoms with Gasteiger partial charge in [-0.25, -0.2) is 0 Å².